The van der Waals surface area contributed by atoms with E-state index in [1.165, 1.54) is 10.9 Å². The van der Waals surface area contributed by atoms with Crippen LogP contribution in [0.25, 0.3) is 5.82 Å². The van der Waals surface area contributed by atoms with Crippen molar-refractivity contribution >= 4 is 23.9 Å². The number of nitrogens with one attached hydrogen (secondary N) is 1. The van der Waals surface area contributed by atoms with Crippen molar-refractivity contribution in [2.75, 3.05) is 12.3 Å². The Kier molecular flexibility index (Phi) is 6.32. The molecule has 2 heterocycles. The van der Waals surface area contributed by atoms with Gasteiger partial charge in [0.05, 0.1) is 11.9 Å². The summed E-state index contributed by atoms with van der Waals surface area (Å²) in [5.74, 6) is -1.04. The third kappa shape index (κ3) is 4.76. The molecular formula is C17H18N8O5. The van der Waals surface area contributed by atoms with Crippen molar-refractivity contribution in [3.05, 3.63) is 41.2 Å². The number of amides is 1. The smallest absolute Gasteiger partial charge is 0.341 e. The molecule has 3 rings (SSSR count). The number of ether oxygens (including phenoxy) is 1. The molecule has 0 saturated heterocycles. The van der Waals surface area contributed by atoms with Crippen LogP contribution >= 0.6 is 0 Å². The Morgan fingerprint density at radius 1 is 1.33 bits per heavy atom. The first kappa shape index (κ1) is 20.4. The molecule has 0 aliphatic heterocycles. The molecule has 1 aromatic carbocycles. The molecule has 0 bridgehead atoms. The number of carboxylic acids is 1. The Labute approximate surface area is 169 Å². The standard InChI is InChI=1S/C17H18N8O5/c1-2-3-12-14(20-24-25(12)16-15(18)22-30-23-16)17(28)21-19-8-10-4-6-11(7-5-10)29-9-13(26)27/h4-8H,2-3,9H2,1H3,(H2,18,22)(H,21,28)(H,26,27)/b19-8-. The van der Waals surface area contributed by atoms with Gasteiger partial charge in [0.1, 0.15) is 5.75 Å². The van der Waals surface area contributed by atoms with Crippen molar-refractivity contribution in [3.63, 3.8) is 0 Å². The molecule has 2 aromatic heterocycles. The summed E-state index contributed by atoms with van der Waals surface area (Å²) in [5, 5.41) is 27.5. The summed E-state index contributed by atoms with van der Waals surface area (Å²) in [6.07, 6.45) is 2.63. The van der Waals surface area contributed by atoms with Crippen molar-refractivity contribution in [1.29, 1.82) is 0 Å². The van der Waals surface area contributed by atoms with Crippen molar-refractivity contribution in [1.82, 2.24) is 30.7 Å². The van der Waals surface area contributed by atoms with Crippen LogP contribution in [-0.2, 0) is 11.2 Å². The van der Waals surface area contributed by atoms with Gasteiger partial charge < -0.3 is 15.6 Å². The highest BCUT2D eigenvalue weighted by molar-refractivity contribution is 5.94. The number of anilines is 1. The van der Waals surface area contributed by atoms with E-state index in [-0.39, 0.29) is 17.3 Å². The number of carbonyl (C=O) groups is 2. The topological polar surface area (TPSA) is 184 Å². The molecule has 0 unspecified atom stereocenters. The number of nitrogens with two attached hydrogens (primary N) is 1. The monoisotopic (exact) mass is 414 g/mol. The van der Waals surface area contributed by atoms with Gasteiger partial charge in [0.2, 0.25) is 11.6 Å². The van der Waals surface area contributed by atoms with Crippen molar-refractivity contribution in [3.8, 4) is 11.6 Å². The lowest BCUT2D eigenvalue weighted by atomic mass is 10.2. The highest BCUT2D eigenvalue weighted by atomic mass is 16.6. The van der Waals surface area contributed by atoms with Gasteiger partial charge in [0.25, 0.3) is 5.91 Å². The van der Waals surface area contributed by atoms with Crippen LogP contribution < -0.4 is 15.9 Å². The molecule has 0 atom stereocenters. The Morgan fingerprint density at radius 3 is 2.73 bits per heavy atom. The fraction of sp³-hybridized carbons (Fsp3) is 0.235. The van der Waals surface area contributed by atoms with Crippen LogP contribution in [-0.4, -0.2) is 55.1 Å². The summed E-state index contributed by atoms with van der Waals surface area (Å²) in [6, 6.07) is 6.50. The van der Waals surface area contributed by atoms with Crippen LogP contribution in [0.4, 0.5) is 5.82 Å². The molecule has 13 heteroatoms. The van der Waals surface area contributed by atoms with E-state index in [1.54, 1.807) is 24.3 Å². The predicted molar refractivity (Wildman–Crippen MR) is 102 cm³/mol. The fourth-order valence-electron chi connectivity index (χ4n) is 2.46. The first-order valence-electron chi connectivity index (χ1n) is 8.80. The van der Waals surface area contributed by atoms with Gasteiger partial charge in [0.15, 0.2) is 12.3 Å². The van der Waals surface area contributed by atoms with Crippen LogP contribution in [0.1, 0.15) is 35.1 Å². The lowest BCUT2D eigenvalue weighted by Gasteiger charge is -2.04. The van der Waals surface area contributed by atoms with E-state index in [4.69, 9.17) is 15.6 Å². The van der Waals surface area contributed by atoms with Crippen LogP contribution in [0.3, 0.4) is 0 Å². The number of aliphatic carboxylic acids is 1. The second kappa shape index (κ2) is 9.27. The summed E-state index contributed by atoms with van der Waals surface area (Å²) >= 11 is 0. The number of nitrogens with zero attached hydrogens (tertiary/aromatic N) is 6. The molecule has 156 valence electrons. The SMILES string of the molecule is CCCc1c(C(=O)N/N=C\c2ccc(OCC(=O)O)cc2)nnn1-c1nonc1N. The molecule has 30 heavy (non-hydrogen) atoms. The lowest BCUT2D eigenvalue weighted by molar-refractivity contribution is -0.139. The number of aromatic nitrogens is 5. The molecule has 1 amide bonds. The van der Waals surface area contributed by atoms with Crippen LogP contribution in [0.2, 0.25) is 0 Å². The molecular weight excluding hydrogens is 396 g/mol. The van der Waals surface area contributed by atoms with Crippen LogP contribution in [0.15, 0.2) is 34.0 Å². The highest BCUT2D eigenvalue weighted by Gasteiger charge is 2.23. The van der Waals surface area contributed by atoms with Crippen molar-refractivity contribution in [2.45, 2.75) is 19.8 Å². The van der Waals surface area contributed by atoms with Gasteiger partial charge in [-0.3, -0.25) is 4.79 Å². The molecule has 13 nitrogen and oxygen atoms in total. The molecule has 0 aliphatic rings. The molecule has 0 fully saturated rings. The maximum Gasteiger partial charge on any atom is 0.341 e. The van der Waals surface area contributed by atoms with Crippen molar-refractivity contribution < 1.29 is 24.1 Å². The van der Waals surface area contributed by atoms with E-state index in [9.17, 15) is 9.59 Å². The summed E-state index contributed by atoms with van der Waals surface area (Å²) < 4.78 is 10.9. The summed E-state index contributed by atoms with van der Waals surface area (Å²) in [7, 11) is 0. The number of rotatable bonds is 9. The summed E-state index contributed by atoms with van der Waals surface area (Å²) in [5.41, 5.74) is 9.32. The van der Waals surface area contributed by atoms with Gasteiger partial charge in [-0.15, -0.1) is 5.10 Å². The minimum Gasteiger partial charge on any atom is -0.482 e. The zero-order valence-electron chi connectivity index (χ0n) is 15.8. The average Bonchev–Trinajstić information content (AvgIpc) is 3.33. The number of carboxylic acid groups (broad SMARTS) is 1. The number of hydrazone groups is 1. The van der Waals surface area contributed by atoms with E-state index in [0.29, 0.717) is 23.4 Å². The zero-order valence-corrected chi connectivity index (χ0v) is 15.8. The highest BCUT2D eigenvalue weighted by Crippen LogP contribution is 2.17. The second-order valence-corrected chi connectivity index (χ2v) is 5.97. The first-order valence-corrected chi connectivity index (χ1v) is 8.80. The lowest BCUT2D eigenvalue weighted by Crippen LogP contribution is -2.20. The number of hydrogen-bond donors (Lipinski definition) is 3. The Bertz CT molecular complexity index is 1060. The minimum atomic E-state index is -1.06. The van der Waals surface area contributed by atoms with Gasteiger partial charge in [-0.05, 0) is 46.6 Å². The fourth-order valence-corrected chi connectivity index (χ4v) is 2.46. The van der Waals surface area contributed by atoms with Crippen LogP contribution in [0, 0.1) is 0 Å². The molecule has 0 radical (unpaired) electrons. The van der Waals surface area contributed by atoms with E-state index in [2.05, 4.69) is 35.8 Å². The van der Waals surface area contributed by atoms with Gasteiger partial charge >= 0.3 is 5.97 Å². The number of hydrogen-bond acceptors (Lipinski definition) is 10. The van der Waals surface area contributed by atoms with E-state index < -0.39 is 18.5 Å². The molecule has 0 spiro atoms. The minimum absolute atomic E-state index is 0.0259. The van der Waals surface area contributed by atoms with Gasteiger partial charge in [-0.2, -0.15) is 9.78 Å². The molecule has 3 aromatic rings. The van der Waals surface area contributed by atoms with Crippen LogP contribution in [0.5, 0.6) is 5.75 Å². The largest absolute Gasteiger partial charge is 0.482 e. The van der Waals surface area contributed by atoms with E-state index in [0.717, 1.165) is 6.42 Å². The summed E-state index contributed by atoms with van der Waals surface area (Å²) in [6.45, 7) is 1.51. The van der Waals surface area contributed by atoms with Gasteiger partial charge in [-0.1, -0.05) is 18.6 Å². The van der Waals surface area contributed by atoms with Gasteiger partial charge in [0, 0.05) is 0 Å². The molecule has 0 aliphatic carbocycles. The molecule has 0 saturated carbocycles. The maximum absolute atomic E-state index is 12.5. The Morgan fingerprint density at radius 2 is 2.10 bits per heavy atom. The van der Waals surface area contributed by atoms with Crippen molar-refractivity contribution in [2.24, 2.45) is 5.10 Å². The third-order valence-electron chi connectivity index (χ3n) is 3.78. The Balaban J connectivity index is 1.68. The number of benzene rings is 1. The first-order chi connectivity index (χ1) is 14.5. The molecule has 4 N–H and O–H groups in total. The Hall–Kier alpha value is -4.29. The maximum atomic E-state index is 12.5. The second-order valence-electron chi connectivity index (χ2n) is 5.97. The number of carbonyl (C=O) groups excluding carboxylic acids is 1. The average molecular weight is 414 g/mol. The third-order valence-corrected chi connectivity index (χ3v) is 3.78. The van der Waals surface area contributed by atoms with E-state index in [1.807, 2.05) is 6.92 Å². The predicted octanol–water partition coefficient (Wildman–Crippen LogP) is 0.412. The van der Waals surface area contributed by atoms with E-state index >= 15 is 0 Å². The zero-order chi connectivity index (χ0) is 21.5. The number of nitrogen functional groups attached to an aromatic ring is 1. The normalized spacial score (nSPS) is 11.0. The quantitative estimate of drug-likeness (QED) is 0.327. The van der Waals surface area contributed by atoms with Gasteiger partial charge in [-0.25, -0.2) is 14.8 Å². The summed E-state index contributed by atoms with van der Waals surface area (Å²) in [4.78, 5) is 23.0.